The van der Waals surface area contributed by atoms with E-state index >= 15 is 0 Å². The van der Waals surface area contributed by atoms with E-state index < -0.39 is 24.3 Å². The van der Waals surface area contributed by atoms with Crippen molar-refractivity contribution in [3.05, 3.63) is 43.1 Å². The molecule has 198 valence electrons. The van der Waals surface area contributed by atoms with Crippen LogP contribution in [0.4, 0.5) is 32.2 Å². The molecule has 2 aliphatic rings. The van der Waals surface area contributed by atoms with Crippen LogP contribution in [-0.2, 0) is 14.3 Å². The second-order valence-electron chi connectivity index (χ2n) is 7.36. The Balaban J connectivity index is 0.000000271. The van der Waals surface area contributed by atoms with Crippen LogP contribution in [0.3, 0.4) is 0 Å². The first-order chi connectivity index (χ1) is 16.8. The van der Waals surface area contributed by atoms with E-state index in [1.807, 2.05) is 18.3 Å². The fraction of sp³-hybridized carbons (Fsp3) is 0.450. The molecule has 4 heterocycles. The third-order valence-electron chi connectivity index (χ3n) is 4.91. The molecule has 3 atom stereocenters. The molecule has 0 spiro atoms. The molecule has 2 N–H and O–H groups in total. The highest BCUT2D eigenvalue weighted by atomic mass is 19.4. The van der Waals surface area contributed by atoms with E-state index in [-0.39, 0.29) is 6.10 Å². The minimum atomic E-state index is -5.08. The van der Waals surface area contributed by atoms with Gasteiger partial charge in [-0.15, -0.1) is 0 Å². The molecule has 0 aliphatic carbocycles. The number of rotatable bonds is 4. The number of carboxylic acids is 2. The number of hydrogen-bond donors (Lipinski definition) is 2. The summed E-state index contributed by atoms with van der Waals surface area (Å²) in [6.45, 7) is 3.29. The monoisotopic (exact) mass is 526 g/mol. The van der Waals surface area contributed by atoms with Gasteiger partial charge in [0.1, 0.15) is 11.6 Å². The standard InChI is InChI=1S/C16H18N4O2.2C2HF3O2/c1-3-17-4-2-13(1)21-10-12-11-22-15-9-20(8-14(12)15)16-7-18-5-6-19-16;2*3-2(4,5)1(6)7/h1-7,12,14-15H,8-11H2;2*(H,6,7)/t12-,14-,15-;;/m1../s1. The molecule has 0 bridgehead atoms. The second-order valence-corrected chi connectivity index (χ2v) is 7.36. The van der Waals surface area contributed by atoms with Gasteiger partial charge in [0.05, 0.1) is 25.5 Å². The highest BCUT2D eigenvalue weighted by Gasteiger charge is 2.44. The van der Waals surface area contributed by atoms with Gasteiger partial charge in [0, 0.05) is 49.7 Å². The van der Waals surface area contributed by atoms with Crippen LogP contribution in [0.2, 0.25) is 0 Å². The molecule has 16 heteroatoms. The summed E-state index contributed by atoms with van der Waals surface area (Å²) in [7, 11) is 0. The van der Waals surface area contributed by atoms with E-state index in [0.29, 0.717) is 18.4 Å². The number of anilines is 1. The third kappa shape index (κ3) is 8.83. The van der Waals surface area contributed by atoms with Gasteiger partial charge in [-0.05, 0) is 12.1 Å². The van der Waals surface area contributed by atoms with Crippen molar-refractivity contribution < 1.29 is 55.6 Å². The van der Waals surface area contributed by atoms with E-state index in [1.54, 1.807) is 24.8 Å². The molecular formula is C20H20F6N4O6. The Morgan fingerprint density at radius 1 is 0.972 bits per heavy atom. The highest BCUT2D eigenvalue weighted by molar-refractivity contribution is 5.73. The van der Waals surface area contributed by atoms with Crippen LogP contribution < -0.4 is 9.64 Å². The molecule has 4 rings (SSSR count). The number of alkyl halides is 6. The van der Waals surface area contributed by atoms with Gasteiger partial charge < -0.3 is 24.6 Å². The highest BCUT2D eigenvalue weighted by Crippen LogP contribution is 2.35. The molecule has 0 amide bonds. The summed E-state index contributed by atoms with van der Waals surface area (Å²) >= 11 is 0. The van der Waals surface area contributed by atoms with Crippen molar-refractivity contribution in [3.63, 3.8) is 0 Å². The summed E-state index contributed by atoms with van der Waals surface area (Å²) in [5, 5.41) is 14.2. The number of ether oxygens (including phenoxy) is 2. The Hall–Kier alpha value is -3.69. The molecule has 2 aromatic heterocycles. The molecule has 10 nitrogen and oxygen atoms in total. The summed E-state index contributed by atoms with van der Waals surface area (Å²) in [5.41, 5.74) is 0. The Labute approximate surface area is 199 Å². The van der Waals surface area contributed by atoms with Crippen LogP contribution in [0.5, 0.6) is 5.75 Å². The summed E-state index contributed by atoms with van der Waals surface area (Å²) < 4.78 is 75.3. The first kappa shape index (κ1) is 28.5. The fourth-order valence-electron chi connectivity index (χ4n) is 3.25. The number of pyridine rings is 1. The zero-order valence-corrected chi connectivity index (χ0v) is 18.2. The SMILES string of the molecule is O=C(O)C(F)(F)F.O=C(O)C(F)(F)F.c1cc(OC[C@@H]2CO[C@@H]3CN(c4cnccn4)C[C@H]23)ccn1. The minimum absolute atomic E-state index is 0.271. The number of carbonyl (C=O) groups is 2. The zero-order chi connectivity index (χ0) is 26.9. The third-order valence-corrected chi connectivity index (χ3v) is 4.91. The van der Waals surface area contributed by atoms with Crippen LogP contribution >= 0.6 is 0 Å². The molecule has 2 aromatic rings. The predicted molar refractivity (Wildman–Crippen MR) is 108 cm³/mol. The second kappa shape index (κ2) is 12.3. The first-order valence-electron chi connectivity index (χ1n) is 10.0. The Bertz CT molecular complexity index is 956. The van der Waals surface area contributed by atoms with Crippen molar-refractivity contribution in [1.29, 1.82) is 0 Å². The summed E-state index contributed by atoms with van der Waals surface area (Å²) in [6.07, 6.45) is -1.17. The van der Waals surface area contributed by atoms with Crippen LogP contribution in [0, 0.1) is 11.8 Å². The average Bonchev–Trinajstić information content (AvgIpc) is 3.40. The fourth-order valence-corrected chi connectivity index (χ4v) is 3.25. The number of hydrogen-bond acceptors (Lipinski definition) is 8. The molecular weight excluding hydrogens is 506 g/mol. The van der Waals surface area contributed by atoms with E-state index in [4.69, 9.17) is 29.3 Å². The maximum Gasteiger partial charge on any atom is 0.490 e. The van der Waals surface area contributed by atoms with E-state index in [2.05, 4.69) is 19.9 Å². The maximum atomic E-state index is 10.6. The summed E-state index contributed by atoms with van der Waals surface area (Å²) in [5.74, 6) is -2.82. The van der Waals surface area contributed by atoms with E-state index in [0.717, 1.165) is 31.3 Å². The molecule has 0 unspecified atom stereocenters. The Morgan fingerprint density at radius 2 is 1.56 bits per heavy atom. The lowest BCUT2D eigenvalue weighted by molar-refractivity contribution is -0.193. The normalized spacial score (nSPS) is 20.8. The Kier molecular flexibility index (Phi) is 9.77. The maximum absolute atomic E-state index is 10.6. The van der Waals surface area contributed by atoms with Gasteiger partial charge in [0.25, 0.3) is 0 Å². The quantitative estimate of drug-likeness (QED) is 0.573. The van der Waals surface area contributed by atoms with Crippen LogP contribution in [0.1, 0.15) is 0 Å². The molecule has 2 aliphatic heterocycles. The number of carboxylic acid groups (broad SMARTS) is 2. The van der Waals surface area contributed by atoms with Crippen molar-refractivity contribution in [3.8, 4) is 5.75 Å². The van der Waals surface area contributed by atoms with Crippen LogP contribution in [-0.4, -0.2) is 81.9 Å². The van der Waals surface area contributed by atoms with Crippen molar-refractivity contribution in [1.82, 2.24) is 15.0 Å². The van der Waals surface area contributed by atoms with Crippen LogP contribution in [0.25, 0.3) is 0 Å². The molecule has 36 heavy (non-hydrogen) atoms. The lowest BCUT2D eigenvalue weighted by Crippen LogP contribution is -2.27. The largest absolute Gasteiger partial charge is 0.493 e. The van der Waals surface area contributed by atoms with Gasteiger partial charge in [0.2, 0.25) is 0 Å². The lowest BCUT2D eigenvalue weighted by Gasteiger charge is -2.20. The number of aliphatic carboxylic acids is 2. The molecule has 2 fully saturated rings. The first-order valence-corrected chi connectivity index (χ1v) is 10.0. The zero-order valence-electron chi connectivity index (χ0n) is 18.2. The molecule has 0 saturated carbocycles. The van der Waals surface area contributed by atoms with Crippen molar-refractivity contribution in [2.75, 3.05) is 31.2 Å². The molecule has 0 aromatic carbocycles. The van der Waals surface area contributed by atoms with Gasteiger partial charge in [0.15, 0.2) is 0 Å². The van der Waals surface area contributed by atoms with Gasteiger partial charge >= 0.3 is 24.3 Å². The minimum Gasteiger partial charge on any atom is -0.493 e. The predicted octanol–water partition coefficient (Wildman–Crippen LogP) is 2.67. The van der Waals surface area contributed by atoms with Gasteiger partial charge in [-0.25, -0.2) is 14.6 Å². The number of nitrogens with zero attached hydrogens (tertiary/aromatic N) is 4. The van der Waals surface area contributed by atoms with E-state index in [9.17, 15) is 26.3 Å². The van der Waals surface area contributed by atoms with Gasteiger partial charge in [-0.1, -0.05) is 0 Å². The topological polar surface area (TPSA) is 135 Å². The van der Waals surface area contributed by atoms with Crippen molar-refractivity contribution in [2.24, 2.45) is 11.8 Å². The molecule has 2 saturated heterocycles. The molecule has 0 radical (unpaired) electrons. The summed E-state index contributed by atoms with van der Waals surface area (Å²) in [4.78, 5) is 32.6. The number of halogens is 6. The Morgan fingerprint density at radius 3 is 2.06 bits per heavy atom. The van der Waals surface area contributed by atoms with Crippen molar-refractivity contribution in [2.45, 2.75) is 18.5 Å². The number of aromatic nitrogens is 3. The van der Waals surface area contributed by atoms with Gasteiger partial charge in [-0.2, -0.15) is 26.3 Å². The average molecular weight is 526 g/mol. The van der Waals surface area contributed by atoms with Crippen molar-refractivity contribution >= 4 is 17.8 Å². The van der Waals surface area contributed by atoms with E-state index in [1.165, 1.54) is 0 Å². The smallest absolute Gasteiger partial charge is 0.490 e. The number of fused-ring (bicyclic) bond motifs is 1. The summed E-state index contributed by atoms with van der Waals surface area (Å²) in [6, 6.07) is 3.77. The van der Waals surface area contributed by atoms with Gasteiger partial charge in [-0.3, -0.25) is 9.97 Å². The van der Waals surface area contributed by atoms with Crippen LogP contribution in [0.15, 0.2) is 43.1 Å². The lowest BCUT2D eigenvalue weighted by atomic mass is 9.94.